The van der Waals surface area contributed by atoms with E-state index in [-0.39, 0.29) is 54.2 Å². The number of carbonyl (C=O) groups is 1. The van der Waals surface area contributed by atoms with Crippen LogP contribution < -0.4 is 16.0 Å². The van der Waals surface area contributed by atoms with Crippen molar-refractivity contribution >= 4 is 35.8 Å². The summed E-state index contributed by atoms with van der Waals surface area (Å²) in [5.41, 5.74) is 2.27. The highest BCUT2D eigenvalue weighted by Crippen LogP contribution is 2.17. The largest absolute Gasteiger partial charge is 0.373 e. The molecule has 0 radical (unpaired) electrons. The zero-order valence-electron chi connectivity index (χ0n) is 19.1. The summed E-state index contributed by atoms with van der Waals surface area (Å²) in [7, 11) is 1.71. The van der Waals surface area contributed by atoms with Crippen molar-refractivity contribution in [2.45, 2.75) is 65.5 Å². The molecule has 2 atom stereocenters. The fraction of sp³-hybridized carbons (Fsp3) is 0.636. The second kappa shape index (κ2) is 12.5. The van der Waals surface area contributed by atoms with Crippen LogP contribution in [0.4, 0.5) is 0 Å². The molecule has 0 saturated carbocycles. The molecule has 2 unspecified atom stereocenters. The second-order valence-corrected chi connectivity index (χ2v) is 8.80. The summed E-state index contributed by atoms with van der Waals surface area (Å²) in [5.74, 6) is 0.550. The highest BCUT2D eigenvalue weighted by atomic mass is 127. The second-order valence-electron chi connectivity index (χ2n) is 8.80. The predicted octanol–water partition coefficient (Wildman–Crippen LogP) is 2.49. The molecule has 7 nitrogen and oxygen atoms in total. The van der Waals surface area contributed by atoms with Crippen LogP contribution >= 0.6 is 24.0 Å². The van der Waals surface area contributed by atoms with Gasteiger partial charge in [-0.1, -0.05) is 24.3 Å². The lowest BCUT2D eigenvalue weighted by Crippen LogP contribution is -2.48. The minimum absolute atomic E-state index is 0. The van der Waals surface area contributed by atoms with E-state index in [1.165, 1.54) is 11.1 Å². The van der Waals surface area contributed by atoms with Crippen molar-refractivity contribution < 1.29 is 9.53 Å². The van der Waals surface area contributed by atoms with E-state index >= 15 is 0 Å². The van der Waals surface area contributed by atoms with Crippen LogP contribution in [0.5, 0.6) is 0 Å². The molecule has 1 aromatic carbocycles. The Labute approximate surface area is 198 Å². The molecule has 1 aliphatic heterocycles. The van der Waals surface area contributed by atoms with Gasteiger partial charge in [0.2, 0.25) is 5.91 Å². The first-order valence-electron chi connectivity index (χ1n) is 10.4. The number of ether oxygens (including phenoxy) is 1. The zero-order chi connectivity index (χ0) is 21.4. The van der Waals surface area contributed by atoms with Gasteiger partial charge in [-0.2, -0.15) is 0 Å². The van der Waals surface area contributed by atoms with Gasteiger partial charge in [-0.25, -0.2) is 0 Å². The molecule has 0 aromatic heterocycles. The molecule has 1 heterocycles. The van der Waals surface area contributed by atoms with Gasteiger partial charge >= 0.3 is 0 Å². The lowest BCUT2D eigenvalue weighted by Gasteiger charge is -2.35. The highest BCUT2D eigenvalue weighted by molar-refractivity contribution is 14.0. The number of nitrogens with one attached hydrogen (secondary N) is 3. The van der Waals surface area contributed by atoms with E-state index in [9.17, 15) is 4.79 Å². The average molecular weight is 531 g/mol. The van der Waals surface area contributed by atoms with Crippen molar-refractivity contribution in [3.8, 4) is 0 Å². The van der Waals surface area contributed by atoms with Gasteiger partial charge in [-0.05, 0) is 45.7 Å². The smallest absolute Gasteiger partial charge is 0.239 e. The Bertz CT molecular complexity index is 695. The SMILES string of the molecule is CN=C(NCC(=O)NC(C)(C)C)NCc1ccccc1CN1CC(C)OC(C)C1.I. The standard InChI is InChI=1S/C22H37N5O2.HI/c1-16-13-27(14-17(2)29-16)15-19-10-8-7-9-18(19)11-24-21(23-6)25-12-20(28)26-22(3,4)5;/h7-10,16-17H,11-15H2,1-6H3,(H,26,28)(H2,23,24,25);1H. The number of hydrogen-bond donors (Lipinski definition) is 3. The van der Waals surface area contributed by atoms with Gasteiger partial charge in [0.05, 0.1) is 18.8 Å². The van der Waals surface area contributed by atoms with Gasteiger partial charge in [0.25, 0.3) is 0 Å². The number of halogens is 1. The molecular formula is C22H38IN5O2. The van der Waals surface area contributed by atoms with Crippen LogP contribution in [-0.4, -0.2) is 61.2 Å². The van der Waals surface area contributed by atoms with Crippen LogP contribution in [0.25, 0.3) is 0 Å². The van der Waals surface area contributed by atoms with Gasteiger partial charge in [0.15, 0.2) is 5.96 Å². The molecule has 30 heavy (non-hydrogen) atoms. The first-order valence-corrected chi connectivity index (χ1v) is 10.4. The van der Waals surface area contributed by atoms with Crippen molar-refractivity contribution in [3.63, 3.8) is 0 Å². The maximum absolute atomic E-state index is 12.0. The third-order valence-electron chi connectivity index (χ3n) is 4.61. The fourth-order valence-electron chi connectivity index (χ4n) is 3.56. The zero-order valence-corrected chi connectivity index (χ0v) is 21.4. The number of hydrogen-bond acceptors (Lipinski definition) is 4. The van der Waals surface area contributed by atoms with E-state index in [0.29, 0.717) is 12.5 Å². The number of morpholine rings is 1. The van der Waals surface area contributed by atoms with E-state index in [4.69, 9.17) is 4.74 Å². The fourth-order valence-corrected chi connectivity index (χ4v) is 3.56. The number of rotatable bonds is 6. The topological polar surface area (TPSA) is 78.0 Å². The van der Waals surface area contributed by atoms with Crippen LogP contribution in [0.15, 0.2) is 29.3 Å². The summed E-state index contributed by atoms with van der Waals surface area (Å²) in [6, 6.07) is 8.44. The quantitative estimate of drug-likeness (QED) is 0.299. The van der Waals surface area contributed by atoms with Crippen LogP contribution in [-0.2, 0) is 22.6 Å². The molecule has 3 N–H and O–H groups in total. The third-order valence-corrected chi connectivity index (χ3v) is 4.61. The lowest BCUT2D eigenvalue weighted by atomic mass is 10.1. The lowest BCUT2D eigenvalue weighted by molar-refractivity contribution is -0.121. The number of amides is 1. The Morgan fingerprint density at radius 1 is 1.13 bits per heavy atom. The van der Waals surface area contributed by atoms with Crippen molar-refractivity contribution in [1.82, 2.24) is 20.9 Å². The van der Waals surface area contributed by atoms with Crippen molar-refractivity contribution in [2.75, 3.05) is 26.7 Å². The number of benzene rings is 1. The summed E-state index contributed by atoms with van der Waals surface area (Å²) >= 11 is 0. The van der Waals surface area contributed by atoms with E-state index in [1.54, 1.807) is 7.05 Å². The molecule has 1 amide bonds. The molecular weight excluding hydrogens is 493 g/mol. The van der Waals surface area contributed by atoms with Gasteiger partial charge < -0.3 is 20.7 Å². The maximum Gasteiger partial charge on any atom is 0.239 e. The summed E-state index contributed by atoms with van der Waals surface area (Å²) in [6.45, 7) is 13.8. The first kappa shape index (κ1) is 26.6. The Morgan fingerprint density at radius 2 is 1.73 bits per heavy atom. The van der Waals surface area contributed by atoms with Crippen LogP contribution in [0, 0.1) is 0 Å². The summed E-state index contributed by atoms with van der Waals surface area (Å²) < 4.78 is 5.84. The first-order chi connectivity index (χ1) is 13.7. The minimum atomic E-state index is -0.247. The molecule has 8 heteroatoms. The van der Waals surface area contributed by atoms with E-state index in [2.05, 4.69) is 64.0 Å². The molecule has 1 aliphatic rings. The Hall–Kier alpha value is -1.39. The van der Waals surface area contributed by atoms with Gasteiger partial charge in [0, 0.05) is 38.8 Å². The highest BCUT2D eigenvalue weighted by Gasteiger charge is 2.22. The molecule has 1 aromatic rings. The van der Waals surface area contributed by atoms with Crippen LogP contribution in [0.2, 0.25) is 0 Å². The number of nitrogens with zero attached hydrogens (tertiary/aromatic N) is 2. The van der Waals surface area contributed by atoms with Crippen LogP contribution in [0.1, 0.15) is 45.7 Å². The number of guanidine groups is 1. The summed E-state index contributed by atoms with van der Waals surface area (Å²) in [6.07, 6.45) is 0.512. The van der Waals surface area contributed by atoms with Gasteiger partial charge in [0.1, 0.15) is 0 Å². The molecule has 170 valence electrons. The molecule has 1 saturated heterocycles. The Kier molecular flexibility index (Phi) is 11.1. The number of aliphatic imine (C=N–C) groups is 1. The normalized spacial score (nSPS) is 20.3. The molecule has 0 spiro atoms. The van der Waals surface area contributed by atoms with Gasteiger partial charge in [-0.3, -0.25) is 14.7 Å². The monoisotopic (exact) mass is 531 g/mol. The summed E-state index contributed by atoms with van der Waals surface area (Å²) in [4.78, 5) is 18.7. The Balaban J connectivity index is 0.00000450. The van der Waals surface area contributed by atoms with Crippen molar-refractivity contribution in [3.05, 3.63) is 35.4 Å². The van der Waals surface area contributed by atoms with Crippen molar-refractivity contribution in [2.24, 2.45) is 4.99 Å². The van der Waals surface area contributed by atoms with Crippen molar-refractivity contribution in [1.29, 1.82) is 0 Å². The van der Waals surface area contributed by atoms with E-state index in [0.717, 1.165) is 19.6 Å². The molecule has 2 rings (SSSR count). The third kappa shape index (κ3) is 9.61. The Morgan fingerprint density at radius 3 is 2.30 bits per heavy atom. The van der Waals surface area contributed by atoms with Gasteiger partial charge in [-0.15, -0.1) is 24.0 Å². The molecule has 0 bridgehead atoms. The van der Waals surface area contributed by atoms with Crippen LogP contribution in [0.3, 0.4) is 0 Å². The summed E-state index contributed by atoms with van der Waals surface area (Å²) in [5, 5.41) is 9.32. The number of carbonyl (C=O) groups excluding carboxylic acids is 1. The average Bonchev–Trinajstić information content (AvgIpc) is 2.60. The molecule has 1 fully saturated rings. The molecule has 0 aliphatic carbocycles. The van der Waals surface area contributed by atoms with E-state index in [1.807, 2.05) is 20.8 Å². The maximum atomic E-state index is 12.0. The predicted molar refractivity (Wildman–Crippen MR) is 133 cm³/mol. The van der Waals surface area contributed by atoms with E-state index < -0.39 is 0 Å². The minimum Gasteiger partial charge on any atom is -0.373 e.